The number of hydrogen-bond donors (Lipinski definition) is 15. The van der Waals surface area contributed by atoms with E-state index in [9.17, 15) is 33.6 Å². The summed E-state index contributed by atoms with van der Waals surface area (Å²) in [4.78, 5) is 110. The monoisotopic (exact) mass is 1090 g/mol. The van der Waals surface area contributed by atoms with Gasteiger partial charge < -0.3 is 83.1 Å². The second-order valence-corrected chi connectivity index (χ2v) is 18.9. The number of likely N-dealkylation sites (N-methyl/N-ethyl adjacent to an activating group) is 1. The molecule has 2 bridgehead atoms. The Hall–Kier alpha value is -6.83. The Morgan fingerprint density at radius 2 is 0.973 bits per heavy atom. The zero-order valence-corrected chi connectivity index (χ0v) is 42.9. The highest BCUT2D eigenvalue weighted by Crippen LogP contribution is 2.36. The highest BCUT2D eigenvalue weighted by molar-refractivity contribution is 7.99. The van der Waals surface area contributed by atoms with E-state index in [0.29, 0.717) is 0 Å². The van der Waals surface area contributed by atoms with Crippen LogP contribution in [0.25, 0.3) is 0 Å². The summed E-state index contributed by atoms with van der Waals surface area (Å²) in [6.07, 6.45) is -0.511. The molecule has 0 radical (unpaired) electrons. The van der Waals surface area contributed by atoms with Gasteiger partial charge in [-0.25, -0.2) is 17.6 Å². The van der Waals surface area contributed by atoms with Crippen LogP contribution in [0.15, 0.2) is 29.8 Å². The van der Waals surface area contributed by atoms with E-state index in [2.05, 4.69) is 57.2 Å². The van der Waals surface area contributed by atoms with E-state index in [4.69, 9.17) is 45.9 Å². The Morgan fingerprint density at radius 1 is 0.595 bits per heavy atom. The van der Waals surface area contributed by atoms with Gasteiger partial charge in [-0.2, -0.15) is 0 Å². The first-order valence-electron chi connectivity index (χ1n) is 23.2. The molecule has 6 atom stereocenters. The van der Waals surface area contributed by atoms with Crippen LogP contribution in [-0.2, 0) is 33.6 Å². The lowest BCUT2D eigenvalue weighted by Crippen LogP contribution is -2.60. The molecule has 1 aromatic carbocycles. The molecule has 2 aliphatic heterocycles. The van der Waals surface area contributed by atoms with Crippen LogP contribution in [0.2, 0.25) is 0 Å². The fraction of sp³-hybridized carbons (Fsp3) is 0.595. The average molecular weight is 1090 g/mol. The van der Waals surface area contributed by atoms with Crippen LogP contribution in [0.4, 0.5) is 17.6 Å². The van der Waals surface area contributed by atoms with Crippen molar-refractivity contribution >= 4 is 88.6 Å². The largest absolute Gasteiger partial charge is 0.370 e. The van der Waals surface area contributed by atoms with Gasteiger partial charge in [0.05, 0.1) is 22.4 Å². The number of aliphatic imine (C=N–C) groups is 4. The van der Waals surface area contributed by atoms with Crippen molar-refractivity contribution < 1.29 is 51.1 Å². The Bertz CT molecular complexity index is 2220. The zero-order valence-electron chi connectivity index (χ0n) is 41.2. The number of halogens is 4. The van der Waals surface area contributed by atoms with Gasteiger partial charge in [-0.05, 0) is 58.4 Å². The summed E-state index contributed by atoms with van der Waals surface area (Å²) in [6, 6.07) is -9.25. The molecule has 0 saturated carbocycles. The van der Waals surface area contributed by atoms with Crippen molar-refractivity contribution in [3.63, 3.8) is 0 Å². The quantitative estimate of drug-likeness (QED) is 0.0124. The number of Topliss-reactive ketones (excluding diaryl/α,β-unsaturated/α-hetero) is 1. The number of nitrogens with one attached hydrogen (secondary N) is 7. The summed E-state index contributed by atoms with van der Waals surface area (Å²) in [5.41, 5.74) is 43.7. The van der Waals surface area contributed by atoms with Crippen LogP contribution in [-0.4, -0.2) is 153 Å². The third-order valence-electron chi connectivity index (χ3n) is 10.7. The van der Waals surface area contributed by atoms with Gasteiger partial charge in [-0.3, -0.25) is 53.5 Å². The number of hydrogen-bond acceptors (Lipinski definition) is 14. The molecule has 414 valence electrons. The van der Waals surface area contributed by atoms with Crippen molar-refractivity contribution in [2.45, 2.75) is 111 Å². The molecule has 2 aliphatic rings. The number of benzene rings is 1. The third kappa shape index (κ3) is 22.1. The van der Waals surface area contributed by atoms with Crippen LogP contribution in [0, 0.1) is 29.2 Å². The molecule has 23 N–H and O–H groups in total. The number of guanidine groups is 4. The molecule has 0 fully saturated rings. The first kappa shape index (κ1) is 63.3. The lowest BCUT2D eigenvalue weighted by Gasteiger charge is -2.27. The van der Waals surface area contributed by atoms with E-state index in [0.717, 1.165) is 0 Å². The van der Waals surface area contributed by atoms with Crippen LogP contribution in [0.1, 0.15) is 65.2 Å². The van der Waals surface area contributed by atoms with Crippen molar-refractivity contribution in [2.24, 2.45) is 71.8 Å². The van der Waals surface area contributed by atoms with Crippen LogP contribution in [0.3, 0.4) is 0 Å². The van der Waals surface area contributed by atoms with Crippen molar-refractivity contribution in [3.05, 3.63) is 23.3 Å². The van der Waals surface area contributed by atoms with Gasteiger partial charge >= 0.3 is 0 Å². The van der Waals surface area contributed by atoms with Gasteiger partial charge in [0, 0.05) is 43.6 Å². The molecule has 0 saturated heterocycles. The Labute approximate surface area is 433 Å². The molecule has 2 heterocycles. The van der Waals surface area contributed by atoms with Crippen molar-refractivity contribution in [2.75, 3.05) is 51.3 Å². The molecule has 0 aromatic heterocycles. The lowest BCUT2D eigenvalue weighted by molar-refractivity contribution is -0.135. The fourth-order valence-corrected chi connectivity index (χ4v) is 8.69. The van der Waals surface area contributed by atoms with Crippen molar-refractivity contribution in [1.29, 1.82) is 0 Å². The highest BCUT2D eigenvalue weighted by Gasteiger charge is 2.35. The molecule has 26 nitrogen and oxygen atoms in total. The molecular formula is C42H69F4N19O7S2. The maximum atomic E-state index is 15.9. The molecule has 1 aromatic rings. The summed E-state index contributed by atoms with van der Waals surface area (Å²) >= 11 is 0.309. The minimum absolute atomic E-state index is 0.00753. The second kappa shape index (κ2) is 32.4. The number of amides is 6. The van der Waals surface area contributed by atoms with Gasteiger partial charge in [0.25, 0.3) is 0 Å². The second-order valence-electron chi connectivity index (χ2n) is 16.8. The van der Waals surface area contributed by atoms with Gasteiger partial charge in [0.15, 0.2) is 52.9 Å². The maximum absolute atomic E-state index is 15.9. The number of rotatable bonds is 23. The summed E-state index contributed by atoms with van der Waals surface area (Å²) in [6.45, 7) is 2.61. The minimum Gasteiger partial charge on any atom is -0.370 e. The normalized spacial score (nSPS) is 19.3. The fourth-order valence-electron chi connectivity index (χ4n) is 6.60. The molecule has 0 aliphatic carbocycles. The number of carbonyl (C=O) groups is 7. The van der Waals surface area contributed by atoms with Gasteiger partial charge in [0.2, 0.25) is 35.4 Å². The van der Waals surface area contributed by atoms with Gasteiger partial charge in [-0.1, -0.05) is 13.8 Å². The maximum Gasteiger partial charge on any atom is 0.244 e. The smallest absolute Gasteiger partial charge is 0.244 e. The Kier molecular flexibility index (Phi) is 27.7. The number of carbonyl (C=O) groups excluding carboxylic acids is 7. The number of ketones is 1. The van der Waals surface area contributed by atoms with Crippen molar-refractivity contribution in [3.8, 4) is 0 Å². The summed E-state index contributed by atoms with van der Waals surface area (Å²) in [5, 5.41) is 17.6. The lowest BCUT2D eigenvalue weighted by atomic mass is 10.0. The van der Waals surface area contributed by atoms with Crippen molar-refractivity contribution in [1.82, 2.24) is 37.2 Å². The summed E-state index contributed by atoms with van der Waals surface area (Å²) in [7, 11) is 1.30. The summed E-state index contributed by atoms with van der Waals surface area (Å²) < 4.78 is 63.5. The molecule has 3 rings (SSSR count). The van der Waals surface area contributed by atoms with E-state index < -0.39 is 129 Å². The highest BCUT2D eigenvalue weighted by atomic mass is 32.2. The molecule has 74 heavy (non-hydrogen) atoms. The molecule has 32 heteroatoms. The topological polar surface area (TPSA) is 461 Å². The van der Waals surface area contributed by atoms with Crippen LogP contribution in [0.5, 0.6) is 0 Å². The minimum atomic E-state index is -1.91. The van der Waals surface area contributed by atoms with E-state index in [1.807, 2.05) is 0 Å². The van der Waals surface area contributed by atoms with Gasteiger partial charge in [-0.15, -0.1) is 23.5 Å². The first-order valence-corrected chi connectivity index (χ1v) is 25.2. The molecule has 6 amide bonds. The third-order valence-corrected chi connectivity index (χ3v) is 13.0. The SMILES string of the molecule is CNC1CSc2c(F)c(F)c(c(F)c2F)SCC(C(=O)NC(CCCN=C(N)N)C(=O)NCC(=O)C(C)C)NC(=O)C(CCCN=C(N)N)NC(=O)C(CCCN=C(N)N)NC(=O)C(CCCN=C(N)N)NC1=O. The molecule has 6 unspecified atom stereocenters. The zero-order chi connectivity index (χ0) is 55.7. The number of nitrogens with zero attached hydrogens (tertiary/aromatic N) is 4. The predicted octanol–water partition coefficient (Wildman–Crippen LogP) is -3.99. The standard InChI is InChI=1S/C42H69F4N19O7S2/c1-19(2)26(66)16-60-33(67)20(8-4-12-56-39(47)48)61-38(72)25-18-74-32-29(45)27(43)31(28(44)30(32)46)73-17-24(55-3)37(71)64-22(10-6-14-58-41(51)52)35(69)62-21(9-5-13-57-40(49)50)34(68)63-23(36(70)65-25)11-7-15-59-42(53)54/h19-25,55H,4-18H2,1-3H3,(H,60,67)(H,61,72)(H,62,69)(H,63,68)(H,64,71)(H,65,70)(H4,47,48,56)(H4,49,50,57)(H4,51,52,58)(H4,53,54,59). The molecule has 0 spiro atoms. The van der Waals surface area contributed by atoms with E-state index in [-0.39, 0.29) is 131 Å². The summed E-state index contributed by atoms with van der Waals surface area (Å²) in [5.74, 6) is -16.8. The molecular weight excluding hydrogens is 1020 g/mol. The number of fused-ring (bicyclic) bond motifs is 18. The van der Waals surface area contributed by atoms with E-state index in [1.165, 1.54) is 7.05 Å². The predicted molar refractivity (Wildman–Crippen MR) is 273 cm³/mol. The first-order chi connectivity index (χ1) is 34.9. The number of thioether (sulfide) groups is 2. The van der Waals surface area contributed by atoms with Crippen LogP contribution >= 0.6 is 23.5 Å². The Balaban J connectivity index is 2.86. The Morgan fingerprint density at radius 3 is 1.36 bits per heavy atom. The van der Waals surface area contributed by atoms with Gasteiger partial charge in [0.1, 0.15) is 30.2 Å². The van der Waals surface area contributed by atoms with Crippen LogP contribution < -0.4 is 83.1 Å². The average Bonchev–Trinajstić information content (AvgIpc) is 3.33. The van der Waals surface area contributed by atoms with E-state index in [1.54, 1.807) is 13.8 Å². The van der Waals surface area contributed by atoms with E-state index >= 15 is 17.6 Å². The number of nitrogens with two attached hydrogens (primary N) is 8.